The Morgan fingerprint density at radius 1 is 1.03 bits per heavy atom. The molecule has 10 heteroatoms. The number of aromatic nitrogens is 7. The topological polar surface area (TPSA) is 129 Å². The zero-order valence-corrected chi connectivity index (χ0v) is 20.6. The Kier molecular flexibility index (Phi) is 5.93. The lowest BCUT2D eigenvalue weighted by molar-refractivity contribution is 0.657. The summed E-state index contributed by atoms with van der Waals surface area (Å²) in [6.45, 7) is 5.94. The number of benzene rings is 2. The summed E-state index contributed by atoms with van der Waals surface area (Å²) in [5.74, 6) is 1.71. The molecule has 3 N–H and O–H groups in total. The number of anilines is 2. The van der Waals surface area contributed by atoms with Crippen LogP contribution in [0.1, 0.15) is 36.3 Å². The first kappa shape index (κ1) is 23.2. The Balaban J connectivity index is 1.73. The molecule has 5 aromatic rings. The minimum absolute atomic E-state index is 0.114. The number of hydrogen-bond donors (Lipinski definition) is 2. The van der Waals surface area contributed by atoms with E-state index in [-0.39, 0.29) is 17.4 Å². The fourth-order valence-electron chi connectivity index (χ4n) is 4.39. The number of nitrogens with one attached hydrogen (secondary N) is 1. The Morgan fingerprint density at radius 2 is 1.81 bits per heavy atom. The van der Waals surface area contributed by atoms with Crippen molar-refractivity contribution in [1.82, 2.24) is 34.3 Å². The van der Waals surface area contributed by atoms with Crippen LogP contribution in [0.15, 0.2) is 59.9 Å². The summed E-state index contributed by atoms with van der Waals surface area (Å²) < 4.78 is 3.29. The molecule has 0 aliphatic carbocycles. The van der Waals surface area contributed by atoms with Gasteiger partial charge in [0.1, 0.15) is 35.7 Å². The number of nitrogens with two attached hydrogens (primary N) is 1. The number of para-hydroxylation sites is 1. The summed E-state index contributed by atoms with van der Waals surface area (Å²) in [5, 5.41) is 8.44. The van der Waals surface area contributed by atoms with Crippen molar-refractivity contribution in [3.8, 4) is 17.1 Å². The third-order valence-electron chi connectivity index (χ3n) is 6.22. The predicted octanol–water partition coefficient (Wildman–Crippen LogP) is 3.73. The maximum absolute atomic E-state index is 14.0. The molecule has 0 saturated carbocycles. The van der Waals surface area contributed by atoms with Crippen molar-refractivity contribution in [2.75, 3.05) is 11.1 Å². The van der Waals surface area contributed by atoms with Crippen molar-refractivity contribution in [3.05, 3.63) is 82.4 Å². The van der Waals surface area contributed by atoms with Crippen molar-refractivity contribution >= 4 is 22.5 Å². The van der Waals surface area contributed by atoms with Crippen LogP contribution in [0, 0.1) is 13.8 Å². The first-order valence-corrected chi connectivity index (χ1v) is 11.7. The van der Waals surface area contributed by atoms with Gasteiger partial charge in [0.2, 0.25) is 0 Å². The van der Waals surface area contributed by atoms with Crippen LogP contribution in [0.4, 0.5) is 11.6 Å². The maximum atomic E-state index is 14.0. The first-order valence-electron chi connectivity index (χ1n) is 11.7. The summed E-state index contributed by atoms with van der Waals surface area (Å²) in [6, 6.07) is 13.1. The Morgan fingerprint density at radius 3 is 2.53 bits per heavy atom. The molecule has 182 valence electrons. The van der Waals surface area contributed by atoms with Gasteiger partial charge in [0.05, 0.1) is 22.6 Å². The van der Waals surface area contributed by atoms with Crippen LogP contribution in [0.5, 0.6) is 0 Å². The molecule has 1 unspecified atom stereocenters. The van der Waals surface area contributed by atoms with Crippen LogP contribution < -0.4 is 16.6 Å². The summed E-state index contributed by atoms with van der Waals surface area (Å²) in [6.07, 6.45) is 3.60. The summed E-state index contributed by atoms with van der Waals surface area (Å²) in [4.78, 5) is 31.9. The molecule has 10 nitrogen and oxygen atoms in total. The quantitative estimate of drug-likeness (QED) is 0.375. The molecule has 0 aliphatic rings. The van der Waals surface area contributed by atoms with E-state index in [0.29, 0.717) is 40.4 Å². The van der Waals surface area contributed by atoms with Gasteiger partial charge in [-0.1, -0.05) is 37.3 Å². The summed E-state index contributed by atoms with van der Waals surface area (Å²) in [7, 11) is 1.78. The lowest BCUT2D eigenvalue weighted by Gasteiger charge is -2.24. The molecule has 0 spiro atoms. The molecule has 0 aliphatic heterocycles. The maximum Gasteiger partial charge on any atom is 0.266 e. The zero-order chi connectivity index (χ0) is 25.4. The van der Waals surface area contributed by atoms with E-state index in [1.807, 2.05) is 63.2 Å². The van der Waals surface area contributed by atoms with Crippen molar-refractivity contribution in [1.29, 1.82) is 0 Å². The van der Waals surface area contributed by atoms with Gasteiger partial charge >= 0.3 is 0 Å². The van der Waals surface area contributed by atoms with Gasteiger partial charge in [-0.25, -0.2) is 19.9 Å². The molecule has 36 heavy (non-hydrogen) atoms. The number of hydrogen-bond acceptors (Lipinski definition) is 8. The smallest absolute Gasteiger partial charge is 0.266 e. The predicted molar refractivity (Wildman–Crippen MR) is 140 cm³/mol. The van der Waals surface area contributed by atoms with Gasteiger partial charge in [-0.2, -0.15) is 5.10 Å². The van der Waals surface area contributed by atoms with E-state index in [1.165, 1.54) is 6.33 Å². The van der Waals surface area contributed by atoms with E-state index < -0.39 is 0 Å². The van der Waals surface area contributed by atoms with E-state index in [1.54, 1.807) is 22.6 Å². The van der Waals surface area contributed by atoms with Gasteiger partial charge in [0, 0.05) is 7.05 Å². The molecule has 0 radical (unpaired) electrons. The second-order valence-corrected chi connectivity index (χ2v) is 8.70. The summed E-state index contributed by atoms with van der Waals surface area (Å²) >= 11 is 0. The lowest BCUT2D eigenvalue weighted by Crippen LogP contribution is -2.29. The molecule has 0 fully saturated rings. The van der Waals surface area contributed by atoms with Gasteiger partial charge in [0.25, 0.3) is 5.56 Å². The molecule has 3 aromatic heterocycles. The van der Waals surface area contributed by atoms with Crippen LogP contribution >= 0.6 is 0 Å². The molecule has 5 rings (SSSR count). The Labute approximate surface area is 207 Å². The van der Waals surface area contributed by atoms with Crippen LogP contribution in [-0.4, -0.2) is 34.3 Å². The zero-order valence-electron chi connectivity index (χ0n) is 20.6. The molecular weight excluding hydrogens is 454 g/mol. The van der Waals surface area contributed by atoms with E-state index in [4.69, 9.17) is 10.7 Å². The highest BCUT2D eigenvalue weighted by atomic mass is 16.1. The largest absolute Gasteiger partial charge is 0.383 e. The highest BCUT2D eigenvalue weighted by Crippen LogP contribution is 2.32. The van der Waals surface area contributed by atoms with Crippen molar-refractivity contribution < 1.29 is 0 Å². The number of nitrogens with zero attached hydrogens (tertiary/aromatic N) is 7. The van der Waals surface area contributed by atoms with Gasteiger partial charge < -0.3 is 11.1 Å². The molecular formula is C26H27N9O. The van der Waals surface area contributed by atoms with E-state index in [2.05, 4.69) is 25.4 Å². The van der Waals surface area contributed by atoms with E-state index in [9.17, 15) is 4.79 Å². The average molecular weight is 482 g/mol. The number of fused-ring (bicyclic) bond motifs is 1. The van der Waals surface area contributed by atoms with Gasteiger partial charge in [0.15, 0.2) is 5.82 Å². The van der Waals surface area contributed by atoms with Crippen LogP contribution in [-0.2, 0) is 7.05 Å². The number of rotatable bonds is 6. The van der Waals surface area contributed by atoms with Gasteiger partial charge in [-0.05, 0) is 43.5 Å². The fraction of sp³-hybridized carbons (Fsp3) is 0.231. The third-order valence-corrected chi connectivity index (χ3v) is 6.22. The normalized spacial score (nSPS) is 12.1. The lowest BCUT2D eigenvalue weighted by atomic mass is 10.1. The van der Waals surface area contributed by atoms with Crippen molar-refractivity contribution in [2.24, 2.45) is 7.05 Å². The highest BCUT2D eigenvalue weighted by Gasteiger charge is 2.24. The van der Waals surface area contributed by atoms with Crippen LogP contribution in [0.3, 0.4) is 0 Å². The molecule has 1 atom stereocenters. The SMILES string of the molecule is CCC(Nc1ncnc(N)c1-c1ncn(C)n1)c1nc2cccc(C)c2c(=O)n1-c1ccccc1C. The molecule has 0 amide bonds. The van der Waals surface area contributed by atoms with E-state index >= 15 is 0 Å². The molecule has 0 bridgehead atoms. The second-order valence-electron chi connectivity index (χ2n) is 8.70. The van der Waals surface area contributed by atoms with Crippen LogP contribution in [0.2, 0.25) is 0 Å². The molecule has 3 heterocycles. The Bertz CT molecular complexity index is 1640. The fourth-order valence-corrected chi connectivity index (χ4v) is 4.39. The van der Waals surface area contributed by atoms with Crippen LogP contribution in [0.25, 0.3) is 28.0 Å². The van der Waals surface area contributed by atoms with Crippen molar-refractivity contribution in [2.45, 2.75) is 33.2 Å². The third kappa shape index (κ3) is 3.96. The second kappa shape index (κ2) is 9.21. The molecule has 2 aromatic carbocycles. The molecule has 0 saturated heterocycles. The Hall–Kier alpha value is -4.60. The number of aryl methyl sites for hydroxylation is 3. The minimum atomic E-state index is -0.376. The standard InChI is InChI=1S/C26H27N9O/c1-5-17(31-23-21(22(27)28-13-29-23)24-30-14-34(4)33-24)25-32-18-11-8-10-16(3)20(18)26(36)35(25)19-12-7-6-9-15(19)2/h6-14,17H,5H2,1-4H3,(H3,27,28,29,31). The monoisotopic (exact) mass is 481 g/mol. The van der Waals surface area contributed by atoms with Crippen molar-refractivity contribution in [3.63, 3.8) is 0 Å². The van der Waals surface area contributed by atoms with E-state index in [0.717, 1.165) is 16.8 Å². The summed E-state index contributed by atoms with van der Waals surface area (Å²) in [5.41, 5.74) is 9.88. The number of nitrogen functional groups attached to an aromatic ring is 1. The van der Waals surface area contributed by atoms with Gasteiger partial charge in [-0.15, -0.1) is 0 Å². The average Bonchev–Trinajstić information content (AvgIpc) is 3.28. The first-order chi connectivity index (χ1) is 17.4. The highest BCUT2D eigenvalue weighted by molar-refractivity contribution is 5.82. The minimum Gasteiger partial charge on any atom is -0.383 e. The van der Waals surface area contributed by atoms with Gasteiger partial charge in [-0.3, -0.25) is 14.0 Å².